The van der Waals surface area contributed by atoms with E-state index in [9.17, 15) is 4.79 Å². The lowest BCUT2D eigenvalue weighted by atomic mass is 10.1. The van der Waals surface area contributed by atoms with Gasteiger partial charge in [-0.25, -0.2) is 0 Å². The van der Waals surface area contributed by atoms with E-state index in [2.05, 4.69) is 4.99 Å². The van der Waals surface area contributed by atoms with Gasteiger partial charge in [0.2, 0.25) is 0 Å². The van der Waals surface area contributed by atoms with E-state index >= 15 is 0 Å². The van der Waals surface area contributed by atoms with Gasteiger partial charge in [0, 0.05) is 18.2 Å². The summed E-state index contributed by atoms with van der Waals surface area (Å²) >= 11 is 0. The molecule has 0 fully saturated rings. The number of aryl methyl sites for hydroxylation is 1. The first kappa shape index (κ1) is 12.3. The zero-order valence-corrected chi connectivity index (χ0v) is 10.3. The van der Waals surface area contributed by atoms with Crippen LogP contribution in [-0.4, -0.2) is 12.0 Å². The van der Waals surface area contributed by atoms with E-state index in [1.165, 1.54) is 0 Å². The van der Waals surface area contributed by atoms with Crippen LogP contribution < -0.4 is 0 Å². The Morgan fingerprint density at radius 1 is 1.28 bits per heavy atom. The Morgan fingerprint density at radius 3 is 2.72 bits per heavy atom. The van der Waals surface area contributed by atoms with Crippen molar-refractivity contribution in [2.24, 2.45) is 4.99 Å². The second-order valence-electron chi connectivity index (χ2n) is 4.10. The molecule has 3 heteroatoms. The third kappa shape index (κ3) is 3.42. The SMILES string of the molecule is Cc1ccc(C(=O)CC=NCc2ccco2)cc1. The highest BCUT2D eigenvalue weighted by molar-refractivity contribution is 6.03. The fourth-order valence-corrected chi connectivity index (χ4v) is 1.56. The summed E-state index contributed by atoms with van der Waals surface area (Å²) in [4.78, 5) is 16.0. The van der Waals surface area contributed by atoms with Crippen LogP contribution in [0.5, 0.6) is 0 Å². The molecular formula is C15H15NO2. The van der Waals surface area contributed by atoms with Crippen molar-refractivity contribution < 1.29 is 9.21 Å². The smallest absolute Gasteiger partial charge is 0.168 e. The van der Waals surface area contributed by atoms with Gasteiger partial charge in [-0.15, -0.1) is 0 Å². The molecule has 0 amide bonds. The Morgan fingerprint density at radius 2 is 2.06 bits per heavy atom. The minimum atomic E-state index is 0.0817. The molecule has 0 saturated heterocycles. The number of aliphatic imine (C=N–C) groups is 1. The molecule has 2 aromatic rings. The van der Waals surface area contributed by atoms with Crippen LogP contribution in [0.25, 0.3) is 0 Å². The standard InChI is InChI=1S/C15H15NO2/c1-12-4-6-13(7-5-12)15(17)8-9-16-11-14-3-2-10-18-14/h2-7,9-10H,8,11H2,1H3. The number of hydrogen-bond donors (Lipinski definition) is 0. The van der Waals surface area contributed by atoms with E-state index in [0.29, 0.717) is 13.0 Å². The molecule has 3 nitrogen and oxygen atoms in total. The van der Waals surface area contributed by atoms with Gasteiger partial charge in [0.25, 0.3) is 0 Å². The number of nitrogens with zero attached hydrogens (tertiary/aromatic N) is 1. The summed E-state index contributed by atoms with van der Waals surface area (Å²) < 4.78 is 5.14. The zero-order chi connectivity index (χ0) is 12.8. The number of carbonyl (C=O) groups is 1. The van der Waals surface area contributed by atoms with Crippen molar-refractivity contribution in [2.75, 3.05) is 0 Å². The summed E-state index contributed by atoms with van der Waals surface area (Å²) in [6.45, 7) is 2.48. The maximum Gasteiger partial charge on any atom is 0.168 e. The Hall–Kier alpha value is -2.16. The Kier molecular flexibility index (Phi) is 4.07. The molecule has 0 aliphatic heterocycles. The highest BCUT2D eigenvalue weighted by Crippen LogP contribution is 2.06. The molecule has 2 rings (SSSR count). The molecule has 0 unspecified atom stereocenters. The fraction of sp³-hybridized carbons (Fsp3) is 0.200. The first-order valence-corrected chi connectivity index (χ1v) is 5.86. The summed E-state index contributed by atoms with van der Waals surface area (Å²) in [6.07, 6.45) is 3.58. The topological polar surface area (TPSA) is 42.6 Å². The van der Waals surface area contributed by atoms with Crippen molar-refractivity contribution >= 4 is 12.0 Å². The van der Waals surface area contributed by atoms with Crippen LogP contribution in [-0.2, 0) is 6.54 Å². The van der Waals surface area contributed by atoms with E-state index < -0.39 is 0 Å². The van der Waals surface area contributed by atoms with Crippen molar-refractivity contribution in [3.05, 3.63) is 59.5 Å². The minimum Gasteiger partial charge on any atom is -0.467 e. The molecule has 0 saturated carbocycles. The lowest BCUT2D eigenvalue weighted by Crippen LogP contribution is -1.99. The fourth-order valence-electron chi connectivity index (χ4n) is 1.56. The van der Waals surface area contributed by atoms with Gasteiger partial charge in [0.15, 0.2) is 5.78 Å². The molecule has 0 aliphatic carbocycles. The van der Waals surface area contributed by atoms with Gasteiger partial charge in [0.05, 0.1) is 12.8 Å². The normalized spacial score (nSPS) is 10.9. The van der Waals surface area contributed by atoms with Gasteiger partial charge in [-0.3, -0.25) is 9.79 Å². The van der Waals surface area contributed by atoms with Crippen LogP contribution >= 0.6 is 0 Å². The number of ketones is 1. The molecule has 0 bridgehead atoms. The van der Waals surface area contributed by atoms with Crippen molar-refractivity contribution in [2.45, 2.75) is 19.9 Å². The Balaban J connectivity index is 1.84. The van der Waals surface area contributed by atoms with Crippen LogP contribution in [0.2, 0.25) is 0 Å². The van der Waals surface area contributed by atoms with Gasteiger partial charge in [0.1, 0.15) is 5.76 Å². The van der Waals surface area contributed by atoms with Crippen molar-refractivity contribution in [3.8, 4) is 0 Å². The summed E-state index contributed by atoms with van der Waals surface area (Å²) in [5.41, 5.74) is 1.88. The van der Waals surface area contributed by atoms with E-state index in [0.717, 1.165) is 16.9 Å². The number of rotatable bonds is 5. The zero-order valence-electron chi connectivity index (χ0n) is 10.3. The molecular weight excluding hydrogens is 226 g/mol. The largest absolute Gasteiger partial charge is 0.467 e. The van der Waals surface area contributed by atoms with Crippen LogP contribution in [0, 0.1) is 6.92 Å². The summed E-state index contributed by atoms with van der Waals surface area (Å²) in [5.74, 6) is 0.882. The molecule has 0 atom stereocenters. The predicted molar refractivity (Wildman–Crippen MR) is 71.0 cm³/mol. The maximum atomic E-state index is 11.8. The number of benzene rings is 1. The highest BCUT2D eigenvalue weighted by Gasteiger charge is 2.02. The van der Waals surface area contributed by atoms with E-state index in [-0.39, 0.29) is 5.78 Å². The van der Waals surface area contributed by atoms with Crippen LogP contribution in [0.3, 0.4) is 0 Å². The first-order valence-electron chi connectivity index (χ1n) is 5.86. The predicted octanol–water partition coefficient (Wildman–Crippen LogP) is 3.43. The quantitative estimate of drug-likeness (QED) is 0.594. The summed E-state index contributed by atoms with van der Waals surface area (Å²) in [6, 6.07) is 11.2. The number of Topliss-reactive ketones (excluding diaryl/α,β-unsaturated/α-hetero) is 1. The minimum absolute atomic E-state index is 0.0817. The van der Waals surface area contributed by atoms with Gasteiger partial charge in [-0.05, 0) is 19.1 Å². The maximum absolute atomic E-state index is 11.8. The monoisotopic (exact) mass is 241 g/mol. The van der Waals surface area contributed by atoms with Gasteiger partial charge < -0.3 is 4.42 Å². The van der Waals surface area contributed by atoms with Crippen molar-refractivity contribution in [3.63, 3.8) is 0 Å². The van der Waals surface area contributed by atoms with Gasteiger partial charge in [-0.1, -0.05) is 29.8 Å². The van der Waals surface area contributed by atoms with Crippen molar-refractivity contribution in [1.29, 1.82) is 0 Å². The molecule has 0 radical (unpaired) electrons. The van der Waals surface area contributed by atoms with Crippen LogP contribution in [0.1, 0.15) is 28.1 Å². The molecule has 1 aromatic heterocycles. The lowest BCUT2D eigenvalue weighted by Gasteiger charge is -1.98. The van der Waals surface area contributed by atoms with Gasteiger partial charge >= 0.3 is 0 Å². The summed E-state index contributed by atoms with van der Waals surface area (Å²) in [5, 5.41) is 0. The molecule has 0 N–H and O–H groups in total. The molecule has 18 heavy (non-hydrogen) atoms. The second kappa shape index (κ2) is 5.96. The summed E-state index contributed by atoms with van der Waals surface area (Å²) in [7, 11) is 0. The lowest BCUT2D eigenvalue weighted by molar-refractivity contribution is 0.100. The highest BCUT2D eigenvalue weighted by atomic mass is 16.3. The number of carbonyl (C=O) groups excluding carboxylic acids is 1. The van der Waals surface area contributed by atoms with Gasteiger partial charge in [-0.2, -0.15) is 0 Å². The number of hydrogen-bond acceptors (Lipinski definition) is 3. The number of furan rings is 1. The molecule has 0 aliphatic rings. The van der Waals surface area contributed by atoms with Crippen molar-refractivity contribution in [1.82, 2.24) is 0 Å². The Labute approximate surface area is 106 Å². The average Bonchev–Trinajstić information content (AvgIpc) is 2.88. The molecule has 1 aromatic carbocycles. The van der Waals surface area contributed by atoms with E-state index in [1.807, 2.05) is 43.3 Å². The third-order valence-corrected chi connectivity index (χ3v) is 2.61. The average molecular weight is 241 g/mol. The third-order valence-electron chi connectivity index (χ3n) is 2.61. The van der Waals surface area contributed by atoms with E-state index in [4.69, 9.17) is 4.42 Å². The first-order chi connectivity index (χ1) is 8.75. The molecule has 1 heterocycles. The van der Waals surface area contributed by atoms with E-state index in [1.54, 1.807) is 12.5 Å². The molecule has 92 valence electrons. The Bertz CT molecular complexity index is 524. The van der Waals surface area contributed by atoms with Crippen LogP contribution in [0.4, 0.5) is 0 Å². The van der Waals surface area contributed by atoms with Crippen LogP contribution in [0.15, 0.2) is 52.1 Å². The second-order valence-corrected chi connectivity index (χ2v) is 4.10. The molecule has 0 spiro atoms.